The molecule has 0 bridgehead atoms. The van der Waals surface area contributed by atoms with E-state index in [9.17, 15) is 43.2 Å². The molecule has 0 aliphatic rings. The molecule has 5 atom stereocenters. The van der Waals surface area contributed by atoms with Gasteiger partial charge in [0.1, 0.15) is 19.3 Å². The maximum absolute atomic E-state index is 13.1. The number of carbonyl (C=O) groups is 4. The van der Waals surface area contributed by atoms with Crippen molar-refractivity contribution >= 4 is 39.5 Å². The van der Waals surface area contributed by atoms with Gasteiger partial charge in [0, 0.05) is 25.7 Å². The van der Waals surface area contributed by atoms with Crippen molar-refractivity contribution in [2.45, 2.75) is 329 Å². The number of aliphatic hydroxyl groups is 1. The number of unbranched alkanes of at least 4 members (excludes halogenated alkanes) is 28. The Hall–Kier alpha value is -4.02. The summed E-state index contributed by atoms with van der Waals surface area (Å²) in [6.07, 6.45) is 71.2. The first kappa shape index (κ1) is 92.0. The fourth-order valence-corrected chi connectivity index (χ4v) is 11.4. The highest BCUT2D eigenvalue weighted by Gasteiger charge is 2.30. The lowest BCUT2D eigenvalue weighted by atomic mass is 10.1. The minimum Gasteiger partial charge on any atom is -0.462 e. The molecule has 0 aliphatic carbocycles. The van der Waals surface area contributed by atoms with Gasteiger partial charge >= 0.3 is 39.5 Å². The Bertz CT molecular complexity index is 2200. The van der Waals surface area contributed by atoms with Gasteiger partial charge in [0.15, 0.2) is 12.2 Å². The summed E-state index contributed by atoms with van der Waals surface area (Å²) in [6.45, 7) is 4.63. The molecule has 0 saturated carbocycles. The number of aliphatic hydroxyl groups excluding tert-OH is 1. The predicted octanol–water partition coefficient (Wildman–Crippen LogP) is 21.2. The Labute approximate surface area is 582 Å². The van der Waals surface area contributed by atoms with Gasteiger partial charge in [-0.25, -0.2) is 9.13 Å². The zero-order chi connectivity index (χ0) is 70.4. The lowest BCUT2D eigenvalue weighted by molar-refractivity contribution is -0.161. The summed E-state index contributed by atoms with van der Waals surface area (Å²) < 4.78 is 68.3. The van der Waals surface area contributed by atoms with Crippen LogP contribution in [0.25, 0.3) is 0 Å². The molecule has 0 heterocycles. The fraction of sp³-hybridized carbons (Fsp3) is 0.740. The normalized spacial score (nSPS) is 14.5. The van der Waals surface area contributed by atoms with E-state index in [0.717, 1.165) is 154 Å². The van der Waals surface area contributed by atoms with Crippen molar-refractivity contribution in [3.8, 4) is 0 Å². The highest BCUT2D eigenvalue weighted by Crippen LogP contribution is 2.45. The van der Waals surface area contributed by atoms with E-state index < -0.39 is 97.5 Å². The molecular formula is C77H134O17P2. The number of hydrogen-bond acceptors (Lipinski definition) is 15. The Morgan fingerprint density at radius 1 is 0.302 bits per heavy atom. The molecule has 3 N–H and O–H groups in total. The van der Waals surface area contributed by atoms with Gasteiger partial charge in [-0.2, -0.15) is 0 Å². The Morgan fingerprint density at radius 3 is 0.875 bits per heavy atom. The van der Waals surface area contributed by atoms with E-state index in [1.807, 2.05) is 0 Å². The molecule has 0 rings (SSSR count). The number of esters is 4. The van der Waals surface area contributed by atoms with Crippen molar-refractivity contribution in [3.63, 3.8) is 0 Å². The number of phosphoric ester groups is 2. The second-order valence-electron chi connectivity index (χ2n) is 24.9. The highest BCUT2D eigenvalue weighted by atomic mass is 31.2. The summed E-state index contributed by atoms with van der Waals surface area (Å²) in [4.78, 5) is 72.7. The number of allylic oxidation sites excluding steroid dienone is 16. The zero-order valence-electron chi connectivity index (χ0n) is 60.3. The average Bonchev–Trinajstić information content (AvgIpc) is 1.11. The largest absolute Gasteiger partial charge is 0.472 e. The SMILES string of the molecule is CC/C=C\C/C=C\C/C=C\C/C=C\CCCCC(=O)OCC(COP(=O)(O)OCC(O)COP(=O)(O)OCC(COC(=O)CCCCCCC/C=C\C/C=C\CCCCC)OC(=O)CCCCCCC/C=C\C/C=C\CCCCC)OC(=O)CCCCCCCCCCCCC. The predicted molar refractivity (Wildman–Crippen MR) is 390 cm³/mol. The van der Waals surface area contributed by atoms with Crippen LogP contribution in [0.1, 0.15) is 310 Å². The smallest absolute Gasteiger partial charge is 0.462 e. The maximum atomic E-state index is 13.1. The number of rotatable bonds is 70. The molecule has 17 nitrogen and oxygen atoms in total. The minimum absolute atomic E-state index is 0.0756. The van der Waals surface area contributed by atoms with Gasteiger partial charge < -0.3 is 33.8 Å². The molecule has 0 fully saturated rings. The van der Waals surface area contributed by atoms with Crippen molar-refractivity contribution in [2.24, 2.45) is 0 Å². The van der Waals surface area contributed by atoms with E-state index in [2.05, 4.69) is 125 Å². The van der Waals surface area contributed by atoms with E-state index in [-0.39, 0.29) is 25.7 Å². The second-order valence-corrected chi connectivity index (χ2v) is 27.8. The van der Waals surface area contributed by atoms with Crippen LogP contribution in [0.15, 0.2) is 97.2 Å². The zero-order valence-corrected chi connectivity index (χ0v) is 62.1. The van der Waals surface area contributed by atoms with E-state index in [4.69, 9.17) is 37.0 Å². The standard InChI is InChI=1S/C77H134O17P2/c1-5-9-13-17-21-25-29-32-35-38-42-45-49-53-57-61-74(79)87-67-72(93-76(81)63-59-55-51-47-41-28-24-20-16-12-8-4)69-91-95(83,84)89-65-71(78)66-90-96(85,86)92-70-73(94-77(82)64-60-56-52-48-44-40-37-34-31-27-23-19-15-11-7-3)68-88-75(80)62-58-54-50-46-43-39-36-33-30-26-22-18-14-10-6-2/h9,13,21-23,25-27,32-37,42,45,71-73,78H,5-8,10-12,14-20,24,28-31,38-41,43-44,46-70H2,1-4H3,(H,83,84)(H,85,86)/b13-9-,25-21-,26-22-,27-23-,35-32-,36-33-,37-34-,45-42-. The highest BCUT2D eigenvalue weighted by molar-refractivity contribution is 7.47. The van der Waals surface area contributed by atoms with Crippen LogP contribution in [0, 0.1) is 0 Å². The summed E-state index contributed by atoms with van der Waals surface area (Å²) in [5.41, 5.74) is 0. The van der Waals surface area contributed by atoms with Crippen LogP contribution in [-0.2, 0) is 65.4 Å². The minimum atomic E-state index is -4.98. The van der Waals surface area contributed by atoms with Crippen LogP contribution >= 0.6 is 15.6 Å². The number of carbonyl (C=O) groups excluding carboxylic acids is 4. The summed E-state index contributed by atoms with van der Waals surface area (Å²) >= 11 is 0. The Morgan fingerprint density at radius 2 is 0.542 bits per heavy atom. The van der Waals surface area contributed by atoms with Crippen LogP contribution in [-0.4, -0.2) is 96.7 Å². The number of hydrogen-bond donors (Lipinski definition) is 3. The fourth-order valence-electron chi connectivity index (χ4n) is 9.80. The molecule has 19 heteroatoms. The van der Waals surface area contributed by atoms with Gasteiger partial charge in [0.05, 0.1) is 26.4 Å². The van der Waals surface area contributed by atoms with Crippen LogP contribution in [0.2, 0.25) is 0 Å². The molecule has 0 aliphatic heterocycles. The van der Waals surface area contributed by atoms with E-state index in [0.29, 0.717) is 25.7 Å². The molecule has 0 saturated heterocycles. The molecule has 0 aromatic heterocycles. The average molecular weight is 1390 g/mol. The van der Waals surface area contributed by atoms with Crippen molar-refractivity contribution in [1.29, 1.82) is 0 Å². The first-order chi connectivity index (χ1) is 46.7. The lowest BCUT2D eigenvalue weighted by Gasteiger charge is -2.21. The Kier molecular flexibility index (Phi) is 66.6. The summed E-state index contributed by atoms with van der Waals surface area (Å²) in [5.74, 6) is -2.24. The quantitative estimate of drug-likeness (QED) is 0.0169. The lowest BCUT2D eigenvalue weighted by Crippen LogP contribution is -2.30. The van der Waals surface area contributed by atoms with Crippen molar-refractivity contribution in [2.75, 3.05) is 39.6 Å². The van der Waals surface area contributed by atoms with Gasteiger partial charge in [-0.15, -0.1) is 0 Å². The maximum Gasteiger partial charge on any atom is 0.472 e. The third-order valence-electron chi connectivity index (χ3n) is 15.5. The first-order valence-corrected chi connectivity index (χ1v) is 40.5. The molecular weight excluding hydrogens is 1260 g/mol. The molecule has 0 spiro atoms. The Balaban J connectivity index is 5.37. The molecule has 0 amide bonds. The van der Waals surface area contributed by atoms with Gasteiger partial charge in [0.2, 0.25) is 0 Å². The van der Waals surface area contributed by atoms with E-state index >= 15 is 0 Å². The molecule has 0 aromatic rings. The number of ether oxygens (including phenoxy) is 4. The molecule has 0 aromatic carbocycles. The monoisotopic (exact) mass is 1390 g/mol. The molecule has 5 unspecified atom stereocenters. The van der Waals surface area contributed by atoms with Crippen LogP contribution < -0.4 is 0 Å². The summed E-state index contributed by atoms with van der Waals surface area (Å²) in [6, 6.07) is 0. The van der Waals surface area contributed by atoms with Gasteiger partial charge in [-0.3, -0.25) is 37.3 Å². The molecule has 96 heavy (non-hydrogen) atoms. The van der Waals surface area contributed by atoms with E-state index in [1.54, 1.807) is 0 Å². The molecule has 554 valence electrons. The van der Waals surface area contributed by atoms with Crippen LogP contribution in [0.3, 0.4) is 0 Å². The first-order valence-electron chi connectivity index (χ1n) is 37.5. The summed E-state index contributed by atoms with van der Waals surface area (Å²) in [7, 11) is -9.96. The van der Waals surface area contributed by atoms with Gasteiger partial charge in [0.25, 0.3) is 0 Å². The van der Waals surface area contributed by atoms with Crippen LogP contribution in [0.4, 0.5) is 0 Å². The topological polar surface area (TPSA) is 237 Å². The molecule has 0 radical (unpaired) electrons. The number of phosphoric acid groups is 2. The second kappa shape index (κ2) is 69.5. The van der Waals surface area contributed by atoms with E-state index in [1.165, 1.54) is 77.0 Å². The van der Waals surface area contributed by atoms with Crippen molar-refractivity contribution in [3.05, 3.63) is 97.2 Å². The van der Waals surface area contributed by atoms with Gasteiger partial charge in [-0.05, 0) is 128 Å². The van der Waals surface area contributed by atoms with Crippen molar-refractivity contribution < 1.29 is 80.2 Å². The van der Waals surface area contributed by atoms with Crippen molar-refractivity contribution in [1.82, 2.24) is 0 Å². The third-order valence-corrected chi connectivity index (χ3v) is 17.4. The van der Waals surface area contributed by atoms with Crippen LogP contribution in [0.5, 0.6) is 0 Å². The van der Waals surface area contributed by atoms with Gasteiger partial charge in [-0.1, -0.05) is 253 Å². The third kappa shape index (κ3) is 68.5. The summed E-state index contributed by atoms with van der Waals surface area (Å²) in [5, 5.41) is 10.6.